The number of hydrogen-bond donors (Lipinski definition) is 0. The molecule has 1 amide bonds. The monoisotopic (exact) mass is 373 g/mol. The lowest BCUT2D eigenvalue weighted by Crippen LogP contribution is -2.51. The van der Waals surface area contributed by atoms with Gasteiger partial charge in [-0.3, -0.25) is 9.59 Å². The number of rotatable bonds is 3. The normalized spacial score (nSPS) is 22.2. The van der Waals surface area contributed by atoms with E-state index in [0.717, 1.165) is 50.9 Å². The second-order valence-corrected chi connectivity index (χ2v) is 7.50. The van der Waals surface area contributed by atoms with Crippen LogP contribution >= 0.6 is 0 Å². The minimum atomic E-state index is 0.0266. The van der Waals surface area contributed by atoms with Crippen molar-refractivity contribution >= 4 is 23.2 Å². The molecular formula is C19H27N5O3. The number of Topliss-reactive ketones (excluding diaryl/α,β-unsaturated/α-hetero) is 1. The van der Waals surface area contributed by atoms with Crippen molar-refractivity contribution in [3.8, 4) is 0 Å². The quantitative estimate of drug-likeness (QED) is 0.772. The molecule has 4 rings (SSSR count). The first-order valence-corrected chi connectivity index (χ1v) is 9.91. The van der Waals surface area contributed by atoms with E-state index in [-0.39, 0.29) is 11.8 Å². The summed E-state index contributed by atoms with van der Waals surface area (Å²) in [5.74, 6) is 1.41. The first-order chi connectivity index (χ1) is 13.2. The van der Waals surface area contributed by atoms with Crippen LogP contribution in [0.15, 0.2) is 12.3 Å². The molecule has 8 nitrogen and oxygen atoms in total. The molecule has 0 atom stereocenters. The summed E-state index contributed by atoms with van der Waals surface area (Å²) >= 11 is 0. The third-order valence-electron chi connectivity index (χ3n) is 5.81. The van der Waals surface area contributed by atoms with Crippen molar-refractivity contribution in [3.63, 3.8) is 0 Å². The molecule has 2 aliphatic heterocycles. The lowest BCUT2D eigenvalue weighted by atomic mass is 9.87. The van der Waals surface area contributed by atoms with Gasteiger partial charge >= 0.3 is 0 Å². The van der Waals surface area contributed by atoms with Crippen molar-refractivity contribution in [1.29, 1.82) is 0 Å². The standard InChI is InChI=1S/C19H27N5O3/c25-17-3-1-15(2-4-17)19(26)24-7-5-23(6-8-24)18-13-16(14-20-21-18)22-9-11-27-12-10-22/h13-15H,1-12H2. The zero-order valence-corrected chi connectivity index (χ0v) is 15.7. The Balaban J connectivity index is 1.33. The number of aromatic nitrogens is 2. The molecule has 3 aliphatic rings. The summed E-state index contributed by atoms with van der Waals surface area (Å²) in [6.07, 6.45) is 4.34. The Morgan fingerprint density at radius 2 is 1.70 bits per heavy atom. The zero-order valence-electron chi connectivity index (χ0n) is 15.7. The Labute approximate surface area is 159 Å². The van der Waals surface area contributed by atoms with Crippen LogP contribution in [0, 0.1) is 5.92 Å². The van der Waals surface area contributed by atoms with Crippen LogP contribution in [0.1, 0.15) is 25.7 Å². The van der Waals surface area contributed by atoms with Gasteiger partial charge in [0.15, 0.2) is 5.82 Å². The highest BCUT2D eigenvalue weighted by Gasteiger charge is 2.30. The maximum Gasteiger partial charge on any atom is 0.225 e. The van der Waals surface area contributed by atoms with Crippen LogP contribution in [0.2, 0.25) is 0 Å². The first kappa shape index (κ1) is 18.2. The van der Waals surface area contributed by atoms with Gasteiger partial charge in [0, 0.05) is 64.1 Å². The fraction of sp³-hybridized carbons (Fsp3) is 0.684. The van der Waals surface area contributed by atoms with Crippen molar-refractivity contribution in [1.82, 2.24) is 15.1 Å². The Kier molecular flexibility index (Phi) is 5.52. The number of ketones is 1. The third-order valence-corrected chi connectivity index (χ3v) is 5.81. The molecule has 0 radical (unpaired) electrons. The van der Waals surface area contributed by atoms with Crippen LogP contribution < -0.4 is 9.80 Å². The van der Waals surface area contributed by atoms with E-state index in [1.807, 2.05) is 4.90 Å². The molecule has 8 heteroatoms. The highest BCUT2D eigenvalue weighted by molar-refractivity contribution is 5.84. The van der Waals surface area contributed by atoms with Crippen molar-refractivity contribution < 1.29 is 14.3 Å². The number of morpholine rings is 1. The number of ether oxygens (including phenoxy) is 1. The Hall–Kier alpha value is -2.22. The number of carbonyl (C=O) groups is 2. The number of amides is 1. The third kappa shape index (κ3) is 4.21. The first-order valence-electron chi connectivity index (χ1n) is 9.91. The summed E-state index contributed by atoms with van der Waals surface area (Å²) in [7, 11) is 0. The molecule has 0 N–H and O–H groups in total. The van der Waals surface area contributed by atoms with Crippen molar-refractivity contribution in [2.75, 3.05) is 62.3 Å². The van der Waals surface area contributed by atoms with Gasteiger partial charge in [-0.1, -0.05) is 0 Å². The minimum absolute atomic E-state index is 0.0266. The largest absolute Gasteiger partial charge is 0.378 e. The van der Waals surface area contributed by atoms with Gasteiger partial charge in [-0.2, -0.15) is 5.10 Å². The van der Waals surface area contributed by atoms with Crippen LogP contribution in [0.4, 0.5) is 11.5 Å². The molecule has 2 saturated heterocycles. The lowest BCUT2D eigenvalue weighted by molar-refractivity contribution is -0.137. The van der Waals surface area contributed by atoms with Gasteiger partial charge in [-0.15, -0.1) is 5.10 Å². The van der Waals surface area contributed by atoms with Gasteiger partial charge in [0.05, 0.1) is 25.1 Å². The number of nitrogens with zero attached hydrogens (tertiary/aromatic N) is 5. The van der Waals surface area contributed by atoms with Gasteiger partial charge in [0.25, 0.3) is 0 Å². The molecule has 0 bridgehead atoms. The predicted molar refractivity (Wildman–Crippen MR) is 101 cm³/mol. The van der Waals surface area contributed by atoms with Crippen LogP contribution in [-0.2, 0) is 14.3 Å². The maximum atomic E-state index is 12.7. The summed E-state index contributed by atoms with van der Waals surface area (Å²) in [6, 6.07) is 2.09. The topological polar surface area (TPSA) is 78.9 Å². The molecule has 1 aromatic rings. The van der Waals surface area contributed by atoms with Gasteiger partial charge in [-0.05, 0) is 12.8 Å². The molecule has 3 fully saturated rings. The van der Waals surface area contributed by atoms with Crippen molar-refractivity contribution in [2.24, 2.45) is 5.92 Å². The predicted octanol–water partition coefficient (Wildman–Crippen LogP) is 0.721. The van der Waals surface area contributed by atoms with E-state index in [0.29, 0.717) is 44.6 Å². The van der Waals surface area contributed by atoms with E-state index in [2.05, 4.69) is 26.1 Å². The van der Waals surface area contributed by atoms with Crippen molar-refractivity contribution in [3.05, 3.63) is 12.3 Å². The highest BCUT2D eigenvalue weighted by atomic mass is 16.5. The van der Waals surface area contributed by atoms with E-state index < -0.39 is 0 Å². The lowest BCUT2D eigenvalue weighted by Gasteiger charge is -2.37. The molecule has 27 heavy (non-hydrogen) atoms. The smallest absolute Gasteiger partial charge is 0.225 e. The minimum Gasteiger partial charge on any atom is -0.378 e. The molecule has 1 saturated carbocycles. The van der Waals surface area contributed by atoms with Crippen LogP contribution in [0.25, 0.3) is 0 Å². The Morgan fingerprint density at radius 1 is 1.00 bits per heavy atom. The van der Waals surface area contributed by atoms with Gasteiger partial charge in [0.2, 0.25) is 5.91 Å². The molecular weight excluding hydrogens is 346 g/mol. The van der Waals surface area contributed by atoms with Crippen LogP contribution in [0.5, 0.6) is 0 Å². The summed E-state index contributed by atoms with van der Waals surface area (Å²) in [5.41, 5.74) is 1.08. The van der Waals surface area contributed by atoms with E-state index in [1.54, 1.807) is 6.20 Å². The number of carbonyl (C=O) groups excluding carboxylic acids is 2. The fourth-order valence-corrected chi connectivity index (χ4v) is 4.10. The number of anilines is 2. The second kappa shape index (κ2) is 8.21. The summed E-state index contributed by atoms with van der Waals surface area (Å²) in [6.45, 7) is 6.15. The van der Waals surface area contributed by atoms with Gasteiger partial charge in [-0.25, -0.2) is 0 Å². The summed E-state index contributed by atoms with van der Waals surface area (Å²) < 4.78 is 5.41. The average molecular weight is 373 g/mol. The van der Waals surface area contributed by atoms with Gasteiger partial charge < -0.3 is 19.4 Å². The van der Waals surface area contributed by atoms with Crippen LogP contribution in [-0.4, -0.2) is 79.3 Å². The van der Waals surface area contributed by atoms with Crippen LogP contribution in [0.3, 0.4) is 0 Å². The highest BCUT2D eigenvalue weighted by Crippen LogP contribution is 2.25. The molecule has 1 aromatic heterocycles. The second-order valence-electron chi connectivity index (χ2n) is 7.50. The maximum absolute atomic E-state index is 12.7. The van der Waals surface area contributed by atoms with E-state index in [4.69, 9.17) is 4.74 Å². The summed E-state index contributed by atoms with van der Waals surface area (Å²) in [5, 5.41) is 8.49. The SMILES string of the molecule is O=C1CCC(C(=O)N2CCN(c3cc(N4CCOCC4)cnn3)CC2)CC1. The molecule has 1 aliphatic carbocycles. The Morgan fingerprint density at radius 3 is 2.41 bits per heavy atom. The van der Waals surface area contributed by atoms with Crippen molar-refractivity contribution in [2.45, 2.75) is 25.7 Å². The fourth-order valence-electron chi connectivity index (χ4n) is 4.10. The van der Waals surface area contributed by atoms with E-state index in [9.17, 15) is 9.59 Å². The molecule has 0 spiro atoms. The molecule has 3 heterocycles. The molecule has 0 unspecified atom stereocenters. The molecule has 0 aromatic carbocycles. The number of hydrogen-bond acceptors (Lipinski definition) is 7. The average Bonchev–Trinajstić information content (AvgIpc) is 2.75. The zero-order chi connectivity index (χ0) is 18.6. The van der Waals surface area contributed by atoms with E-state index in [1.165, 1.54) is 0 Å². The van der Waals surface area contributed by atoms with Gasteiger partial charge in [0.1, 0.15) is 5.78 Å². The summed E-state index contributed by atoms with van der Waals surface area (Å²) in [4.78, 5) is 30.5. The number of piperazine rings is 1. The molecule has 146 valence electrons. The van der Waals surface area contributed by atoms with E-state index >= 15 is 0 Å². The Bertz CT molecular complexity index is 674.